The van der Waals surface area contributed by atoms with Crippen LogP contribution in [-0.4, -0.2) is 20.1 Å². The van der Waals surface area contributed by atoms with Crippen LogP contribution >= 0.6 is 11.6 Å². The van der Waals surface area contributed by atoms with E-state index in [9.17, 15) is 22.0 Å². The van der Waals surface area contributed by atoms with E-state index in [1.807, 2.05) is 0 Å². The third-order valence-corrected chi connectivity index (χ3v) is 7.17. The third kappa shape index (κ3) is 6.12. The van der Waals surface area contributed by atoms with Crippen LogP contribution in [0.5, 0.6) is 5.75 Å². The fourth-order valence-corrected chi connectivity index (χ4v) is 4.38. The molecule has 0 saturated carbocycles. The van der Waals surface area contributed by atoms with Gasteiger partial charge in [0.1, 0.15) is 11.4 Å². The van der Waals surface area contributed by atoms with Crippen LogP contribution in [0.1, 0.15) is 31.9 Å². The summed E-state index contributed by atoms with van der Waals surface area (Å²) in [5, 5.41) is 2.84. The van der Waals surface area contributed by atoms with Gasteiger partial charge in [0.05, 0.1) is 17.1 Å². The molecule has 3 rings (SSSR count). The van der Waals surface area contributed by atoms with Gasteiger partial charge in [0, 0.05) is 22.3 Å². The molecule has 34 heavy (non-hydrogen) atoms. The van der Waals surface area contributed by atoms with Gasteiger partial charge in [0.15, 0.2) is 21.4 Å². The van der Waals surface area contributed by atoms with Gasteiger partial charge in [-0.15, -0.1) is 0 Å². The van der Waals surface area contributed by atoms with Gasteiger partial charge >= 0.3 is 0 Å². The van der Waals surface area contributed by atoms with Crippen molar-refractivity contribution in [2.24, 2.45) is 0 Å². The molecule has 0 heterocycles. The van der Waals surface area contributed by atoms with Crippen molar-refractivity contribution in [3.63, 3.8) is 0 Å². The number of benzene rings is 3. The summed E-state index contributed by atoms with van der Waals surface area (Å²) in [6, 6.07) is 14.1. The van der Waals surface area contributed by atoms with E-state index in [2.05, 4.69) is 5.32 Å². The Morgan fingerprint density at radius 2 is 1.68 bits per heavy atom. The average Bonchev–Trinajstić information content (AvgIpc) is 2.75. The summed E-state index contributed by atoms with van der Waals surface area (Å²) in [4.78, 5) is 12.6. The smallest absolute Gasteiger partial charge is 0.228 e. The van der Waals surface area contributed by atoms with Crippen molar-refractivity contribution in [1.29, 1.82) is 0 Å². The number of hydrogen-bond acceptors (Lipinski definition) is 4. The highest BCUT2D eigenvalue weighted by Gasteiger charge is 2.27. The van der Waals surface area contributed by atoms with Crippen molar-refractivity contribution in [2.75, 3.05) is 11.1 Å². The van der Waals surface area contributed by atoms with Gasteiger partial charge < -0.3 is 10.1 Å². The summed E-state index contributed by atoms with van der Waals surface area (Å²) in [7, 11) is -3.32. The first-order valence-corrected chi connectivity index (χ1v) is 12.5. The van der Waals surface area contributed by atoms with E-state index in [-0.39, 0.29) is 39.1 Å². The number of anilines is 1. The lowest BCUT2D eigenvalue weighted by Gasteiger charge is -2.28. The summed E-state index contributed by atoms with van der Waals surface area (Å²) >= 11 is 5.79. The Balaban J connectivity index is 1.67. The molecule has 0 aromatic heterocycles. The van der Waals surface area contributed by atoms with Crippen LogP contribution in [-0.2, 0) is 26.7 Å². The first kappa shape index (κ1) is 25.6. The molecule has 0 radical (unpaired) electrons. The molecule has 0 unspecified atom stereocenters. The molecular formula is C25H24ClF2NO4S. The number of carbonyl (C=O) groups excluding carboxylic acids is 1. The molecule has 0 fully saturated rings. The van der Waals surface area contributed by atoms with Crippen LogP contribution in [0.25, 0.3) is 0 Å². The summed E-state index contributed by atoms with van der Waals surface area (Å²) in [5.74, 6) is -1.81. The molecule has 9 heteroatoms. The van der Waals surface area contributed by atoms with Crippen molar-refractivity contribution >= 4 is 33.0 Å². The van der Waals surface area contributed by atoms with E-state index in [1.165, 1.54) is 36.4 Å². The van der Waals surface area contributed by atoms with Crippen molar-refractivity contribution in [3.05, 3.63) is 88.4 Å². The molecule has 0 saturated heterocycles. The molecule has 180 valence electrons. The third-order valence-electron chi connectivity index (χ3n) is 5.19. The minimum absolute atomic E-state index is 0.00999. The highest BCUT2D eigenvalue weighted by molar-refractivity contribution is 7.91. The van der Waals surface area contributed by atoms with Crippen LogP contribution in [0.4, 0.5) is 14.5 Å². The Morgan fingerprint density at radius 1 is 1.00 bits per heavy atom. The zero-order chi connectivity index (χ0) is 25.1. The lowest BCUT2D eigenvalue weighted by molar-refractivity contribution is -0.115. The highest BCUT2D eigenvalue weighted by Crippen LogP contribution is 2.33. The topological polar surface area (TPSA) is 72.5 Å². The number of sulfone groups is 1. The molecule has 0 spiro atoms. The van der Waals surface area contributed by atoms with Crippen LogP contribution < -0.4 is 10.1 Å². The summed E-state index contributed by atoms with van der Waals surface area (Å²) in [6.45, 7) is 4.76. The van der Waals surface area contributed by atoms with Gasteiger partial charge in [-0.1, -0.05) is 36.7 Å². The van der Waals surface area contributed by atoms with E-state index in [1.54, 1.807) is 32.9 Å². The average molecular weight is 508 g/mol. The zero-order valence-corrected chi connectivity index (χ0v) is 20.4. The molecule has 3 aromatic carbocycles. The fraction of sp³-hybridized carbons (Fsp3) is 0.240. The highest BCUT2D eigenvalue weighted by atomic mass is 35.5. The van der Waals surface area contributed by atoms with Gasteiger partial charge in [-0.3, -0.25) is 4.79 Å². The number of rotatable bonds is 8. The zero-order valence-electron chi connectivity index (χ0n) is 18.9. The summed E-state index contributed by atoms with van der Waals surface area (Å²) < 4.78 is 58.5. The van der Waals surface area contributed by atoms with Gasteiger partial charge in [-0.05, 0) is 55.8 Å². The molecule has 0 aliphatic heterocycles. The molecule has 0 aliphatic rings. The monoisotopic (exact) mass is 507 g/mol. The lowest BCUT2D eigenvalue weighted by atomic mass is 9.97. The molecule has 3 aromatic rings. The van der Waals surface area contributed by atoms with Gasteiger partial charge in [0.2, 0.25) is 5.91 Å². The Kier molecular flexibility index (Phi) is 7.63. The molecule has 1 N–H and O–H groups in total. The lowest BCUT2D eigenvalue weighted by Crippen LogP contribution is -2.27. The molecular weight excluding hydrogens is 484 g/mol. The Bertz CT molecular complexity index is 1310. The summed E-state index contributed by atoms with van der Waals surface area (Å²) in [5.41, 5.74) is -0.140. The molecule has 0 bridgehead atoms. The maximum absolute atomic E-state index is 14.7. The van der Waals surface area contributed by atoms with Crippen molar-refractivity contribution in [3.8, 4) is 5.75 Å². The van der Waals surface area contributed by atoms with E-state index >= 15 is 0 Å². The van der Waals surface area contributed by atoms with Gasteiger partial charge in [-0.2, -0.15) is 0 Å². The van der Waals surface area contributed by atoms with Crippen LogP contribution in [0, 0.1) is 11.6 Å². The maximum Gasteiger partial charge on any atom is 0.228 e. The first-order valence-electron chi connectivity index (χ1n) is 10.5. The predicted molar refractivity (Wildman–Crippen MR) is 128 cm³/mol. The second kappa shape index (κ2) is 10.1. The van der Waals surface area contributed by atoms with Crippen LogP contribution in [0.15, 0.2) is 65.6 Å². The number of nitrogens with one attached hydrogen (secondary N) is 1. The Morgan fingerprint density at radius 3 is 2.26 bits per heavy atom. The minimum atomic E-state index is -3.32. The van der Waals surface area contributed by atoms with E-state index in [0.29, 0.717) is 5.56 Å². The fourth-order valence-electron chi connectivity index (χ4n) is 3.34. The van der Waals surface area contributed by atoms with E-state index in [0.717, 1.165) is 12.1 Å². The first-order chi connectivity index (χ1) is 15.9. The number of amides is 1. The molecule has 5 nitrogen and oxygen atoms in total. The number of carbonyl (C=O) groups is 1. The van der Waals surface area contributed by atoms with E-state index < -0.39 is 33.0 Å². The SMILES string of the molecule is CCS(=O)(=O)c1ccc(CC(=O)Nc2ccc(OC(C)(C)c3ccc(Cl)cc3F)c(F)c2)cc1. The Hall–Kier alpha value is -2.97. The standard InChI is InChI=1S/C25H24ClF2NO4S/c1-4-34(31,32)19-9-5-16(6-10-19)13-24(30)29-18-8-12-23(22(28)15-18)33-25(2,3)20-11-7-17(26)14-21(20)27/h5-12,14-15H,4,13H2,1-3H3,(H,29,30). The van der Waals surface area contributed by atoms with Crippen LogP contribution in [0.3, 0.4) is 0 Å². The number of hydrogen-bond donors (Lipinski definition) is 1. The second-order valence-electron chi connectivity index (χ2n) is 8.15. The normalized spacial score (nSPS) is 11.8. The molecule has 1 amide bonds. The van der Waals surface area contributed by atoms with Crippen molar-refractivity contribution in [1.82, 2.24) is 0 Å². The van der Waals surface area contributed by atoms with Crippen molar-refractivity contribution in [2.45, 2.75) is 37.7 Å². The van der Waals surface area contributed by atoms with E-state index in [4.69, 9.17) is 16.3 Å². The Labute approximate surface area is 202 Å². The summed E-state index contributed by atoms with van der Waals surface area (Å²) in [6.07, 6.45) is -0.0187. The van der Waals surface area contributed by atoms with Gasteiger partial charge in [0.25, 0.3) is 0 Å². The van der Waals surface area contributed by atoms with Crippen LogP contribution in [0.2, 0.25) is 5.02 Å². The maximum atomic E-state index is 14.7. The van der Waals surface area contributed by atoms with Gasteiger partial charge in [-0.25, -0.2) is 17.2 Å². The second-order valence-corrected chi connectivity index (χ2v) is 10.9. The largest absolute Gasteiger partial charge is 0.480 e. The quantitative estimate of drug-likeness (QED) is 0.411. The molecule has 0 aliphatic carbocycles. The minimum Gasteiger partial charge on any atom is -0.480 e. The molecule has 0 atom stereocenters. The number of ether oxygens (including phenoxy) is 1. The number of halogens is 3. The van der Waals surface area contributed by atoms with Crippen molar-refractivity contribution < 1.29 is 26.7 Å². The predicted octanol–water partition coefficient (Wildman–Crippen LogP) is 5.91.